The van der Waals surface area contributed by atoms with Gasteiger partial charge < -0.3 is 25.0 Å². The van der Waals surface area contributed by atoms with E-state index in [4.69, 9.17) is 15.2 Å². The van der Waals surface area contributed by atoms with Gasteiger partial charge in [-0.15, -0.1) is 0 Å². The van der Waals surface area contributed by atoms with E-state index in [2.05, 4.69) is 0 Å². The van der Waals surface area contributed by atoms with E-state index >= 15 is 0 Å². The molecule has 25 heavy (non-hydrogen) atoms. The van der Waals surface area contributed by atoms with Crippen LogP contribution in [0.15, 0.2) is 24.5 Å². The molecule has 5 nitrogen and oxygen atoms in total. The van der Waals surface area contributed by atoms with E-state index in [1.165, 1.54) is 30.3 Å². The molecule has 0 saturated heterocycles. The van der Waals surface area contributed by atoms with Crippen LogP contribution in [0.25, 0.3) is 0 Å². The first-order valence-electron chi connectivity index (χ1n) is 7.80. The fraction of sp³-hybridized carbons (Fsp3) is 0.500. The minimum absolute atomic E-state index is 0.134. The molecule has 1 aromatic rings. The second-order valence-corrected chi connectivity index (χ2v) is 5.37. The van der Waals surface area contributed by atoms with Crippen LogP contribution >= 0.6 is 0 Å². The molecule has 2 N–H and O–H groups in total. The van der Waals surface area contributed by atoms with Gasteiger partial charge in [-0.05, 0) is 12.1 Å². The maximum atomic E-state index is 14.3. The number of hydrogen-bond donors (Lipinski definition) is 1. The predicted octanol–water partition coefficient (Wildman–Crippen LogP) is 2.52. The monoisotopic (exact) mass is 363 g/mol. The van der Waals surface area contributed by atoms with Crippen molar-refractivity contribution < 1.29 is 27.0 Å². The Labute approximate surface area is 143 Å². The van der Waals surface area contributed by atoms with Crippen LogP contribution in [-0.4, -0.2) is 50.9 Å². The first kappa shape index (κ1) is 19.3. The molecule has 0 aliphatic carbocycles. The Morgan fingerprint density at radius 3 is 2.56 bits per heavy atom. The van der Waals surface area contributed by atoms with Crippen molar-refractivity contribution in [3.05, 3.63) is 36.2 Å². The van der Waals surface area contributed by atoms with Crippen molar-refractivity contribution >= 4 is 5.69 Å². The van der Waals surface area contributed by atoms with Crippen LogP contribution < -0.4 is 15.4 Å². The molecule has 1 atom stereocenters. The van der Waals surface area contributed by atoms with Gasteiger partial charge in [0.05, 0.1) is 26.0 Å². The number of benzene rings is 1. The van der Waals surface area contributed by atoms with Crippen LogP contribution in [0, 0.1) is 11.6 Å². The zero-order valence-corrected chi connectivity index (χ0v) is 13.8. The summed E-state index contributed by atoms with van der Waals surface area (Å²) < 4.78 is 64.2. The highest BCUT2D eigenvalue weighted by Crippen LogP contribution is 2.33. The van der Waals surface area contributed by atoms with Gasteiger partial charge in [0.15, 0.2) is 11.6 Å². The highest BCUT2D eigenvalue weighted by atomic mass is 19.3. The zero-order valence-electron chi connectivity index (χ0n) is 13.8. The second-order valence-electron chi connectivity index (χ2n) is 5.37. The van der Waals surface area contributed by atoms with Gasteiger partial charge >= 0.3 is 0 Å². The van der Waals surface area contributed by atoms with Crippen molar-refractivity contribution in [3.63, 3.8) is 0 Å². The Kier molecular flexibility index (Phi) is 6.89. The number of alkyl halides is 2. The Balaban J connectivity index is 2.19. The Hall–Kier alpha value is -2.00. The molecule has 0 radical (unpaired) electrons. The fourth-order valence-electron chi connectivity index (χ4n) is 2.62. The molecule has 1 aromatic carbocycles. The lowest BCUT2D eigenvalue weighted by atomic mass is 10.2. The van der Waals surface area contributed by atoms with Gasteiger partial charge in [0.25, 0.3) is 0 Å². The molecule has 1 unspecified atom stereocenters. The average Bonchev–Trinajstić information content (AvgIpc) is 2.96. The molecule has 0 saturated carbocycles. The third-order valence-electron chi connectivity index (χ3n) is 3.79. The zero-order chi connectivity index (χ0) is 18.4. The molecule has 1 heterocycles. The van der Waals surface area contributed by atoms with Gasteiger partial charge in [0.2, 0.25) is 12.2 Å². The number of nitrogens with two attached hydrogens (primary N) is 1. The van der Waals surface area contributed by atoms with E-state index in [1.807, 2.05) is 0 Å². The summed E-state index contributed by atoms with van der Waals surface area (Å²) in [6.07, 6.45) is -0.979. The summed E-state index contributed by atoms with van der Waals surface area (Å²) >= 11 is 0. The van der Waals surface area contributed by atoms with E-state index in [0.29, 0.717) is 19.7 Å². The van der Waals surface area contributed by atoms with E-state index in [-0.39, 0.29) is 18.0 Å². The summed E-state index contributed by atoms with van der Waals surface area (Å²) in [7, 11) is 1.22. The number of anilines is 1. The van der Waals surface area contributed by atoms with Crippen molar-refractivity contribution in [1.29, 1.82) is 0 Å². The van der Waals surface area contributed by atoms with Gasteiger partial charge in [-0.25, -0.2) is 13.2 Å². The summed E-state index contributed by atoms with van der Waals surface area (Å²) in [5.41, 5.74) is 5.19. The second kappa shape index (κ2) is 8.91. The Morgan fingerprint density at radius 1 is 1.16 bits per heavy atom. The van der Waals surface area contributed by atoms with E-state index < -0.39 is 30.6 Å². The smallest absolute Gasteiger partial charge is 0.242 e. The highest BCUT2D eigenvalue weighted by Gasteiger charge is 2.32. The first-order chi connectivity index (χ1) is 12.0. The largest absolute Gasteiger partial charge is 0.494 e. The van der Waals surface area contributed by atoms with Crippen molar-refractivity contribution in [2.24, 2.45) is 5.73 Å². The lowest BCUT2D eigenvalue weighted by Gasteiger charge is -2.33. The van der Waals surface area contributed by atoms with Gasteiger partial charge in [-0.2, -0.15) is 4.39 Å². The molecule has 1 aliphatic heterocycles. The SMILES string of the molecule is COc1ccc(N2C=CN(CCOCCN)C2CC(F)F)c(F)c1F. The lowest BCUT2D eigenvalue weighted by molar-refractivity contribution is 0.0815. The van der Waals surface area contributed by atoms with E-state index in [1.54, 1.807) is 11.1 Å². The van der Waals surface area contributed by atoms with Crippen LogP contribution in [0.4, 0.5) is 23.2 Å². The van der Waals surface area contributed by atoms with Crippen LogP contribution in [0.5, 0.6) is 5.75 Å². The van der Waals surface area contributed by atoms with E-state index in [0.717, 1.165) is 0 Å². The van der Waals surface area contributed by atoms with Crippen molar-refractivity contribution in [2.45, 2.75) is 19.0 Å². The third-order valence-corrected chi connectivity index (χ3v) is 3.79. The normalized spacial score (nSPS) is 17.0. The average molecular weight is 363 g/mol. The standard InChI is InChI=1S/C16H21F4N3O2/c1-24-12-3-2-11(15(19)16(12)20)23-6-5-22(7-9-25-8-4-21)14(23)10-13(17)18/h2-3,5-6,13-14H,4,7-10,21H2,1H3. The molecular weight excluding hydrogens is 342 g/mol. The highest BCUT2D eigenvalue weighted by molar-refractivity contribution is 5.55. The van der Waals surface area contributed by atoms with Crippen LogP contribution in [0.2, 0.25) is 0 Å². The summed E-state index contributed by atoms with van der Waals surface area (Å²) in [5.74, 6) is -2.56. The number of hydrogen-bond acceptors (Lipinski definition) is 5. The number of methoxy groups -OCH3 is 1. The Morgan fingerprint density at radius 2 is 1.92 bits per heavy atom. The number of ether oxygens (including phenoxy) is 2. The predicted molar refractivity (Wildman–Crippen MR) is 85.5 cm³/mol. The van der Waals surface area contributed by atoms with Gasteiger partial charge in [0, 0.05) is 31.9 Å². The number of halogens is 4. The minimum Gasteiger partial charge on any atom is -0.494 e. The van der Waals surface area contributed by atoms with Crippen LogP contribution in [0.3, 0.4) is 0 Å². The fourth-order valence-corrected chi connectivity index (χ4v) is 2.62. The summed E-state index contributed by atoms with van der Waals surface area (Å²) in [6, 6.07) is 2.56. The molecule has 0 fully saturated rings. The first-order valence-corrected chi connectivity index (χ1v) is 7.80. The summed E-state index contributed by atoms with van der Waals surface area (Å²) in [4.78, 5) is 2.89. The van der Waals surface area contributed by atoms with Crippen molar-refractivity contribution in [3.8, 4) is 5.75 Å². The van der Waals surface area contributed by atoms with Gasteiger partial charge in [-0.1, -0.05) is 0 Å². The maximum absolute atomic E-state index is 14.3. The molecule has 0 spiro atoms. The molecule has 0 amide bonds. The third kappa shape index (κ3) is 4.55. The molecule has 0 bridgehead atoms. The molecule has 0 aromatic heterocycles. The van der Waals surface area contributed by atoms with Crippen molar-refractivity contribution in [1.82, 2.24) is 4.90 Å². The van der Waals surface area contributed by atoms with Gasteiger partial charge in [-0.3, -0.25) is 0 Å². The number of nitrogens with zero attached hydrogens (tertiary/aromatic N) is 2. The van der Waals surface area contributed by atoms with Crippen LogP contribution in [-0.2, 0) is 4.74 Å². The lowest BCUT2D eigenvalue weighted by Crippen LogP contribution is -2.42. The summed E-state index contributed by atoms with van der Waals surface area (Å²) in [5, 5.41) is 0. The summed E-state index contributed by atoms with van der Waals surface area (Å²) in [6.45, 7) is 1.33. The minimum atomic E-state index is -2.61. The molecule has 140 valence electrons. The Bertz CT molecular complexity index is 601. The molecule has 9 heteroatoms. The quantitative estimate of drug-likeness (QED) is 0.540. The van der Waals surface area contributed by atoms with Crippen LogP contribution in [0.1, 0.15) is 6.42 Å². The molecule has 1 aliphatic rings. The molecular formula is C16H21F4N3O2. The number of rotatable bonds is 9. The van der Waals surface area contributed by atoms with E-state index in [9.17, 15) is 17.6 Å². The van der Waals surface area contributed by atoms with Gasteiger partial charge in [0.1, 0.15) is 6.17 Å². The topological polar surface area (TPSA) is 51.0 Å². The maximum Gasteiger partial charge on any atom is 0.242 e. The molecule has 2 rings (SSSR count). The van der Waals surface area contributed by atoms with Crippen molar-refractivity contribution in [2.75, 3.05) is 38.3 Å².